The standard InChI is InChI=1S/C43H43ClN2O3/c1-32-28-36(48-30-34-16-8-3-9-17-34)20-21-37(32)42-41(44)40-38(46(42)29-33-14-6-2-7-15-33)22-23-39(49-31-35-18-10-4-11-19-35)43(40)47-27-26-45-24-12-5-13-25-45/h2-4,6-11,14-23,28H,5,12-13,24-27,29-31H2,1H3. The fourth-order valence-corrected chi connectivity index (χ4v) is 7.11. The van der Waals surface area contributed by atoms with Crippen molar-refractivity contribution in [2.45, 2.75) is 45.9 Å². The highest BCUT2D eigenvalue weighted by atomic mass is 35.5. The third-order valence-electron chi connectivity index (χ3n) is 9.31. The van der Waals surface area contributed by atoms with Gasteiger partial charge < -0.3 is 18.8 Å². The molecule has 1 aromatic heterocycles. The Labute approximate surface area is 294 Å². The number of aryl methyl sites for hydroxylation is 1. The number of fused-ring (bicyclic) bond motifs is 1. The molecule has 0 saturated carbocycles. The molecule has 0 bridgehead atoms. The zero-order valence-electron chi connectivity index (χ0n) is 28.1. The van der Waals surface area contributed by atoms with Gasteiger partial charge in [-0.15, -0.1) is 0 Å². The first-order valence-corrected chi connectivity index (χ1v) is 17.7. The van der Waals surface area contributed by atoms with Gasteiger partial charge in [0, 0.05) is 18.7 Å². The van der Waals surface area contributed by atoms with Crippen LogP contribution in [0.5, 0.6) is 17.2 Å². The molecule has 1 fully saturated rings. The smallest absolute Gasteiger partial charge is 0.172 e. The van der Waals surface area contributed by atoms with Gasteiger partial charge in [-0.25, -0.2) is 0 Å². The fourth-order valence-electron chi connectivity index (χ4n) is 6.73. The van der Waals surface area contributed by atoms with Crippen molar-refractivity contribution in [3.05, 3.63) is 149 Å². The lowest BCUT2D eigenvalue weighted by atomic mass is 10.0. The predicted octanol–water partition coefficient (Wildman–Crippen LogP) is 10.3. The first kappa shape index (κ1) is 32.8. The second kappa shape index (κ2) is 15.7. The molecule has 1 aliphatic rings. The summed E-state index contributed by atoms with van der Waals surface area (Å²) in [7, 11) is 0. The lowest BCUT2D eigenvalue weighted by Gasteiger charge is -2.26. The number of rotatable bonds is 13. The number of halogens is 1. The molecule has 0 amide bonds. The van der Waals surface area contributed by atoms with E-state index in [1.54, 1.807) is 0 Å². The quantitative estimate of drug-likeness (QED) is 0.123. The van der Waals surface area contributed by atoms with E-state index in [-0.39, 0.29) is 0 Å². The van der Waals surface area contributed by atoms with Crippen molar-refractivity contribution in [1.82, 2.24) is 9.47 Å². The molecule has 5 nitrogen and oxygen atoms in total. The number of hydrogen-bond acceptors (Lipinski definition) is 4. The number of ether oxygens (including phenoxy) is 3. The summed E-state index contributed by atoms with van der Waals surface area (Å²) >= 11 is 7.54. The Morgan fingerprint density at radius 3 is 1.94 bits per heavy atom. The molecule has 5 aromatic carbocycles. The van der Waals surface area contributed by atoms with Crippen LogP contribution in [0.1, 0.15) is 41.5 Å². The van der Waals surface area contributed by atoms with Gasteiger partial charge in [0.05, 0.1) is 21.6 Å². The average Bonchev–Trinajstić information content (AvgIpc) is 3.42. The predicted molar refractivity (Wildman–Crippen MR) is 200 cm³/mol. The number of piperidine rings is 1. The Morgan fingerprint density at radius 1 is 0.653 bits per heavy atom. The van der Waals surface area contributed by atoms with E-state index in [9.17, 15) is 0 Å². The van der Waals surface area contributed by atoms with Gasteiger partial charge in [0.15, 0.2) is 11.5 Å². The first-order valence-electron chi connectivity index (χ1n) is 17.3. The van der Waals surface area contributed by atoms with E-state index in [0.717, 1.165) is 64.2 Å². The minimum Gasteiger partial charge on any atom is -0.489 e. The van der Waals surface area contributed by atoms with Crippen molar-refractivity contribution >= 4 is 22.5 Å². The van der Waals surface area contributed by atoms with Gasteiger partial charge >= 0.3 is 0 Å². The van der Waals surface area contributed by atoms with E-state index in [1.807, 2.05) is 54.6 Å². The van der Waals surface area contributed by atoms with Crippen LogP contribution in [0.2, 0.25) is 5.02 Å². The van der Waals surface area contributed by atoms with Crippen LogP contribution in [0.15, 0.2) is 121 Å². The Bertz CT molecular complexity index is 1970. The van der Waals surface area contributed by atoms with Crippen LogP contribution in [-0.2, 0) is 19.8 Å². The molecule has 1 aliphatic heterocycles. The number of hydrogen-bond donors (Lipinski definition) is 0. The molecule has 2 heterocycles. The Kier molecular flexibility index (Phi) is 10.5. The highest BCUT2D eigenvalue weighted by Gasteiger charge is 2.25. The molecule has 0 unspecified atom stereocenters. The molecule has 49 heavy (non-hydrogen) atoms. The van der Waals surface area contributed by atoms with Gasteiger partial charge in [0.2, 0.25) is 0 Å². The van der Waals surface area contributed by atoms with Crippen molar-refractivity contribution in [3.8, 4) is 28.5 Å². The zero-order chi connectivity index (χ0) is 33.4. The molecule has 0 spiro atoms. The minimum atomic E-state index is 0.438. The topological polar surface area (TPSA) is 35.9 Å². The van der Waals surface area contributed by atoms with Crippen molar-refractivity contribution in [3.63, 3.8) is 0 Å². The number of aromatic nitrogens is 1. The molecule has 0 aliphatic carbocycles. The normalized spacial score (nSPS) is 13.4. The highest BCUT2D eigenvalue weighted by Crippen LogP contribution is 2.47. The third kappa shape index (κ3) is 7.80. The highest BCUT2D eigenvalue weighted by molar-refractivity contribution is 6.39. The molecule has 1 saturated heterocycles. The van der Waals surface area contributed by atoms with E-state index >= 15 is 0 Å². The Morgan fingerprint density at radius 2 is 1.29 bits per heavy atom. The third-order valence-corrected chi connectivity index (χ3v) is 9.68. The van der Waals surface area contributed by atoms with E-state index < -0.39 is 0 Å². The van der Waals surface area contributed by atoms with Gasteiger partial charge in [0.25, 0.3) is 0 Å². The largest absolute Gasteiger partial charge is 0.489 e. The summed E-state index contributed by atoms with van der Waals surface area (Å²) in [5, 5.41) is 1.53. The van der Waals surface area contributed by atoms with E-state index in [1.165, 1.54) is 24.8 Å². The van der Waals surface area contributed by atoms with Crippen molar-refractivity contribution in [2.75, 3.05) is 26.2 Å². The van der Waals surface area contributed by atoms with Crippen LogP contribution in [0, 0.1) is 6.92 Å². The van der Waals surface area contributed by atoms with Crippen molar-refractivity contribution in [1.29, 1.82) is 0 Å². The summed E-state index contributed by atoms with van der Waals surface area (Å²) < 4.78 is 21.7. The van der Waals surface area contributed by atoms with Crippen molar-refractivity contribution in [2.24, 2.45) is 0 Å². The summed E-state index contributed by atoms with van der Waals surface area (Å²) in [5.74, 6) is 2.22. The molecule has 6 heteroatoms. The van der Waals surface area contributed by atoms with E-state index in [2.05, 4.69) is 83.1 Å². The summed E-state index contributed by atoms with van der Waals surface area (Å²) in [4.78, 5) is 2.49. The van der Waals surface area contributed by atoms with Gasteiger partial charge in [-0.1, -0.05) is 109 Å². The molecular formula is C43H43ClN2O3. The molecule has 250 valence electrons. The maximum atomic E-state index is 7.54. The maximum absolute atomic E-state index is 7.54. The fraction of sp³-hybridized carbons (Fsp3) is 0.256. The summed E-state index contributed by atoms with van der Waals surface area (Å²) in [6, 6.07) is 41.4. The van der Waals surface area contributed by atoms with E-state index in [0.29, 0.717) is 42.9 Å². The van der Waals surface area contributed by atoms with Gasteiger partial charge in [-0.2, -0.15) is 0 Å². The van der Waals surface area contributed by atoms with Crippen LogP contribution >= 0.6 is 11.6 Å². The van der Waals surface area contributed by atoms with E-state index in [4.69, 9.17) is 25.8 Å². The Balaban J connectivity index is 1.29. The Hall–Kier alpha value is -4.71. The second-order valence-corrected chi connectivity index (χ2v) is 13.2. The van der Waals surface area contributed by atoms with Crippen LogP contribution in [-0.4, -0.2) is 35.7 Å². The first-order chi connectivity index (χ1) is 24.1. The molecular weight excluding hydrogens is 628 g/mol. The summed E-state index contributed by atoms with van der Waals surface area (Å²) in [5.41, 5.74) is 7.51. The number of benzene rings is 5. The van der Waals surface area contributed by atoms with Crippen molar-refractivity contribution < 1.29 is 14.2 Å². The zero-order valence-corrected chi connectivity index (χ0v) is 28.9. The van der Waals surface area contributed by atoms with Crippen LogP contribution in [0.3, 0.4) is 0 Å². The van der Waals surface area contributed by atoms with Crippen LogP contribution < -0.4 is 14.2 Å². The lowest BCUT2D eigenvalue weighted by Crippen LogP contribution is -2.33. The number of likely N-dealkylation sites (tertiary alicyclic amines) is 1. The van der Waals surface area contributed by atoms with Crippen LogP contribution in [0.4, 0.5) is 0 Å². The summed E-state index contributed by atoms with van der Waals surface area (Å²) in [6.07, 6.45) is 3.79. The lowest BCUT2D eigenvalue weighted by molar-refractivity contribution is 0.179. The van der Waals surface area contributed by atoms with Gasteiger partial charge in [0.1, 0.15) is 25.6 Å². The van der Waals surface area contributed by atoms with Gasteiger partial charge in [-0.05, 0) is 85.4 Å². The average molecular weight is 671 g/mol. The SMILES string of the molecule is Cc1cc(OCc2ccccc2)ccc1-c1c(Cl)c2c(OCCN3CCCCC3)c(OCc3ccccc3)ccc2n1Cc1ccccc1. The maximum Gasteiger partial charge on any atom is 0.172 e. The molecule has 0 atom stereocenters. The van der Waals surface area contributed by atoms with Crippen LogP contribution in [0.25, 0.3) is 22.2 Å². The molecule has 7 rings (SSSR count). The second-order valence-electron chi connectivity index (χ2n) is 12.8. The molecule has 0 N–H and O–H groups in total. The monoisotopic (exact) mass is 670 g/mol. The number of nitrogens with zero attached hydrogens (tertiary/aromatic N) is 2. The molecule has 0 radical (unpaired) electrons. The van der Waals surface area contributed by atoms with Gasteiger partial charge in [-0.3, -0.25) is 4.90 Å². The minimum absolute atomic E-state index is 0.438. The summed E-state index contributed by atoms with van der Waals surface area (Å²) in [6.45, 7) is 7.39. The molecule has 6 aromatic rings.